The number of nitrogens with one attached hydrogen (secondary N) is 1. The molecule has 0 aromatic heterocycles. The third kappa shape index (κ3) is 3.44. The number of hydrogen-bond acceptors (Lipinski definition) is 4. The van der Waals surface area contributed by atoms with Crippen LogP contribution < -0.4 is 5.32 Å². The summed E-state index contributed by atoms with van der Waals surface area (Å²) in [5.41, 5.74) is 2.40. The molecule has 0 radical (unpaired) electrons. The highest BCUT2D eigenvalue weighted by atomic mass is 16.5. The summed E-state index contributed by atoms with van der Waals surface area (Å²) < 4.78 is 4.96. The van der Waals surface area contributed by atoms with E-state index in [4.69, 9.17) is 4.74 Å². The molecule has 1 N–H and O–H groups in total. The Morgan fingerprint density at radius 2 is 1.96 bits per heavy atom. The van der Waals surface area contributed by atoms with Crippen LogP contribution in [0.5, 0.6) is 0 Å². The Kier molecular flexibility index (Phi) is 5.02. The van der Waals surface area contributed by atoms with Crippen molar-refractivity contribution in [1.29, 1.82) is 0 Å². The Labute approximate surface area is 151 Å². The van der Waals surface area contributed by atoms with Crippen LogP contribution in [0.25, 0.3) is 0 Å². The molecule has 0 unspecified atom stereocenters. The summed E-state index contributed by atoms with van der Waals surface area (Å²) in [4.78, 5) is 38.4. The predicted molar refractivity (Wildman–Crippen MR) is 96.8 cm³/mol. The second-order valence-electron chi connectivity index (χ2n) is 6.06. The molecule has 2 aromatic rings. The molecule has 2 aromatic carbocycles. The number of nitrogens with zero attached hydrogens (tertiary/aromatic N) is 1. The Balaban J connectivity index is 1.70. The second kappa shape index (κ2) is 7.39. The van der Waals surface area contributed by atoms with Crippen LogP contribution in [-0.2, 0) is 16.1 Å². The van der Waals surface area contributed by atoms with Crippen LogP contribution in [0.3, 0.4) is 0 Å². The number of amides is 2. The molecular formula is C20H20N2O4. The quantitative estimate of drug-likeness (QED) is 0.840. The number of esters is 1. The Morgan fingerprint density at radius 1 is 1.19 bits per heavy atom. The number of carbonyl (C=O) groups excluding carboxylic acids is 3. The van der Waals surface area contributed by atoms with Crippen molar-refractivity contribution in [3.8, 4) is 0 Å². The van der Waals surface area contributed by atoms with Crippen molar-refractivity contribution in [2.75, 3.05) is 11.9 Å². The standard InChI is InChI=1S/C20H20N2O4/c1-3-26-20(25)14-8-6-9-16(11-14)21-18(23)13(2)22-12-15-7-4-5-10-17(15)19(22)24/h4-11,13H,3,12H2,1-2H3,(H,21,23)/t13-/m1/s1. The van der Waals surface area contributed by atoms with Gasteiger partial charge in [-0.05, 0) is 43.7 Å². The highest BCUT2D eigenvalue weighted by molar-refractivity contribution is 6.03. The van der Waals surface area contributed by atoms with Crippen molar-refractivity contribution in [3.05, 3.63) is 65.2 Å². The van der Waals surface area contributed by atoms with Gasteiger partial charge in [-0.1, -0.05) is 24.3 Å². The number of rotatable bonds is 5. The molecule has 0 saturated carbocycles. The zero-order valence-corrected chi connectivity index (χ0v) is 14.7. The first-order chi connectivity index (χ1) is 12.5. The van der Waals surface area contributed by atoms with Gasteiger partial charge < -0.3 is 15.0 Å². The number of ether oxygens (including phenoxy) is 1. The highest BCUT2D eigenvalue weighted by Crippen LogP contribution is 2.24. The monoisotopic (exact) mass is 352 g/mol. The molecule has 0 fully saturated rings. The van der Waals surface area contributed by atoms with Gasteiger partial charge in [-0.2, -0.15) is 0 Å². The number of fused-ring (bicyclic) bond motifs is 1. The molecule has 1 heterocycles. The van der Waals surface area contributed by atoms with E-state index in [1.807, 2.05) is 18.2 Å². The van der Waals surface area contributed by atoms with Crippen molar-refractivity contribution in [2.45, 2.75) is 26.4 Å². The van der Waals surface area contributed by atoms with Gasteiger partial charge in [0.15, 0.2) is 0 Å². The molecule has 0 saturated heterocycles. The molecule has 1 atom stereocenters. The zero-order valence-electron chi connectivity index (χ0n) is 14.7. The molecule has 26 heavy (non-hydrogen) atoms. The summed E-state index contributed by atoms with van der Waals surface area (Å²) >= 11 is 0. The fourth-order valence-electron chi connectivity index (χ4n) is 2.92. The van der Waals surface area contributed by atoms with Crippen molar-refractivity contribution < 1.29 is 19.1 Å². The Morgan fingerprint density at radius 3 is 2.69 bits per heavy atom. The van der Waals surface area contributed by atoms with Gasteiger partial charge in [0, 0.05) is 17.8 Å². The lowest BCUT2D eigenvalue weighted by Crippen LogP contribution is -2.42. The largest absolute Gasteiger partial charge is 0.462 e. The number of hydrogen-bond donors (Lipinski definition) is 1. The summed E-state index contributed by atoms with van der Waals surface area (Å²) in [5, 5.41) is 2.76. The lowest BCUT2D eigenvalue weighted by Gasteiger charge is -2.23. The first-order valence-corrected chi connectivity index (χ1v) is 8.48. The maximum Gasteiger partial charge on any atom is 0.338 e. The fraction of sp³-hybridized carbons (Fsp3) is 0.250. The summed E-state index contributed by atoms with van der Waals surface area (Å²) in [6, 6.07) is 13.2. The van der Waals surface area contributed by atoms with E-state index >= 15 is 0 Å². The molecule has 6 heteroatoms. The molecule has 2 amide bonds. The lowest BCUT2D eigenvalue weighted by molar-refractivity contribution is -0.120. The minimum absolute atomic E-state index is 0.150. The van der Waals surface area contributed by atoms with Gasteiger partial charge in [-0.15, -0.1) is 0 Å². The summed E-state index contributed by atoms with van der Waals surface area (Å²) in [6.07, 6.45) is 0. The predicted octanol–water partition coefficient (Wildman–Crippen LogP) is 2.85. The van der Waals surface area contributed by atoms with Crippen LogP contribution in [-0.4, -0.2) is 35.3 Å². The Hall–Kier alpha value is -3.15. The average molecular weight is 352 g/mol. The van der Waals surface area contributed by atoms with E-state index in [1.54, 1.807) is 44.2 Å². The van der Waals surface area contributed by atoms with E-state index in [1.165, 1.54) is 4.90 Å². The third-order valence-electron chi connectivity index (χ3n) is 4.34. The number of carbonyl (C=O) groups is 3. The smallest absolute Gasteiger partial charge is 0.338 e. The van der Waals surface area contributed by atoms with Crippen molar-refractivity contribution in [2.24, 2.45) is 0 Å². The van der Waals surface area contributed by atoms with Gasteiger partial charge in [0.05, 0.1) is 12.2 Å². The molecule has 1 aliphatic heterocycles. The summed E-state index contributed by atoms with van der Waals surface area (Å²) in [6.45, 7) is 4.11. The van der Waals surface area contributed by atoms with Gasteiger partial charge in [0.25, 0.3) is 5.91 Å². The zero-order chi connectivity index (χ0) is 18.7. The van der Waals surface area contributed by atoms with E-state index < -0.39 is 12.0 Å². The normalized spacial score (nSPS) is 13.9. The van der Waals surface area contributed by atoms with Crippen LogP contribution in [0, 0.1) is 0 Å². The van der Waals surface area contributed by atoms with Crippen molar-refractivity contribution in [1.82, 2.24) is 4.90 Å². The minimum Gasteiger partial charge on any atom is -0.462 e. The maximum atomic E-state index is 12.6. The molecule has 0 aliphatic carbocycles. The van der Waals surface area contributed by atoms with Crippen LogP contribution >= 0.6 is 0 Å². The van der Waals surface area contributed by atoms with Crippen LogP contribution in [0.15, 0.2) is 48.5 Å². The van der Waals surface area contributed by atoms with E-state index in [-0.39, 0.29) is 18.4 Å². The van der Waals surface area contributed by atoms with Gasteiger partial charge in [-0.25, -0.2) is 4.79 Å². The van der Waals surface area contributed by atoms with E-state index in [2.05, 4.69) is 5.32 Å². The molecule has 1 aliphatic rings. The Bertz CT molecular complexity index is 862. The van der Waals surface area contributed by atoms with E-state index in [0.717, 1.165) is 5.56 Å². The maximum absolute atomic E-state index is 12.6. The van der Waals surface area contributed by atoms with E-state index in [0.29, 0.717) is 23.4 Å². The number of benzene rings is 2. The first-order valence-electron chi connectivity index (χ1n) is 8.48. The number of anilines is 1. The van der Waals surface area contributed by atoms with Gasteiger partial charge in [0.2, 0.25) is 5.91 Å². The topological polar surface area (TPSA) is 75.7 Å². The molecule has 0 spiro atoms. The summed E-state index contributed by atoms with van der Waals surface area (Å²) in [5.74, 6) is -0.905. The van der Waals surface area contributed by atoms with Crippen molar-refractivity contribution >= 4 is 23.5 Å². The van der Waals surface area contributed by atoms with Crippen LogP contribution in [0.1, 0.15) is 40.1 Å². The molecule has 134 valence electrons. The molecular weight excluding hydrogens is 332 g/mol. The SMILES string of the molecule is CCOC(=O)c1cccc(NC(=O)[C@@H](C)N2Cc3ccccc3C2=O)c1. The van der Waals surface area contributed by atoms with Crippen LogP contribution in [0.2, 0.25) is 0 Å². The van der Waals surface area contributed by atoms with Gasteiger partial charge in [0.1, 0.15) is 6.04 Å². The minimum atomic E-state index is -0.638. The second-order valence-corrected chi connectivity index (χ2v) is 6.06. The van der Waals surface area contributed by atoms with Gasteiger partial charge in [-0.3, -0.25) is 9.59 Å². The lowest BCUT2D eigenvalue weighted by atomic mass is 10.1. The van der Waals surface area contributed by atoms with E-state index in [9.17, 15) is 14.4 Å². The van der Waals surface area contributed by atoms with Crippen LogP contribution in [0.4, 0.5) is 5.69 Å². The summed E-state index contributed by atoms with van der Waals surface area (Å²) in [7, 11) is 0. The third-order valence-corrected chi connectivity index (χ3v) is 4.34. The van der Waals surface area contributed by atoms with Crippen molar-refractivity contribution in [3.63, 3.8) is 0 Å². The highest BCUT2D eigenvalue weighted by Gasteiger charge is 2.33. The molecule has 3 rings (SSSR count). The van der Waals surface area contributed by atoms with Gasteiger partial charge >= 0.3 is 5.97 Å². The first kappa shape index (κ1) is 17.7. The average Bonchev–Trinajstić information content (AvgIpc) is 2.98. The molecule has 6 nitrogen and oxygen atoms in total. The fourth-order valence-corrected chi connectivity index (χ4v) is 2.92. The molecule has 0 bridgehead atoms.